The summed E-state index contributed by atoms with van der Waals surface area (Å²) in [7, 11) is 0. The molecule has 9 heteroatoms. The number of hydrogen-bond donors (Lipinski definition) is 2. The Kier molecular flexibility index (Phi) is 5.30. The molecule has 1 aliphatic carbocycles. The molecule has 2 aliphatic heterocycles. The Hall–Kier alpha value is -2.72. The number of nitrogens with zero attached hydrogens (tertiary/aromatic N) is 3. The van der Waals surface area contributed by atoms with Gasteiger partial charge in [0, 0.05) is 41.5 Å². The summed E-state index contributed by atoms with van der Waals surface area (Å²) >= 11 is 1.51. The number of aliphatic hydroxyl groups is 1. The van der Waals surface area contributed by atoms with Crippen LogP contribution < -0.4 is 5.32 Å². The van der Waals surface area contributed by atoms with Crippen LogP contribution in [0.1, 0.15) is 36.0 Å². The van der Waals surface area contributed by atoms with Crippen LogP contribution in [0.5, 0.6) is 0 Å². The number of rotatable bonds is 5. The lowest BCUT2D eigenvalue weighted by atomic mass is 9.94. The Morgan fingerprint density at radius 1 is 1.23 bits per heavy atom. The minimum Gasteiger partial charge on any atom is -0.386 e. The lowest BCUT2D eigenvalue weighted by Gasteiger charge is -2.29. The number of aliphatic hydroxyl groups excluding tert-OH is 1. The fourth-order valence-electron chi connectivity index (χ4n) is 5.70. The van der Waals surface area contributed by atoms with Crippen LogP contribution in [0.3, 0.4) is 0 Å². The fourth-order valence-corrected chi connectivity index (χ4v) is 6.82. The van der Waals surface area contributed by atoms with Crippen LogP contribution in [-0.4, -0.2) is 57.6 Å². The van der Waals surface area contributed by atoms with Crippen molar-refractivity contribution in [2.75, 3.05) is 19.7 Å². The molecule has 35 heavy (non-hydrogen) atoms. The van der Waals surface area contributed by atoms with E-state index in [9.17, 15) is 14.7 Å². The summed E-state index contributed by atoms with van der Waals surface area (Å²) < 4.78 is 6.75. The number of piperidine rings is 1. The van der Waals surface area contributed by atoms with Gasteiger partial charge in [-0.15, -0.1) is 11.3 Å². The van der Waals surface area contributed by atoms with E-state index < -0.39 is 6.10 Å². The number of carbonyl (C=O) groups excluding carboxylic acids is 2. The second kappa shape index (κ2) is 8.16. The molecule has 0 radical (unpaired) electrons. The Morgan fingerprint density at radius 2 is 1.97 bits per heavy atom. The van der Waals surface area contributed by atoms with Crippen molar-refractivity contribution in [3.63, 3.8) is 0 Å². The molecule has 6 rings (SSSR count). The number of morpholine rings is 1. The number of carbonyl (C=O) groups is 2. The lowest BCUT2D eigenvalue weighted by molar-refractivity contribution is -0.143. The number of ether oxygens (including phenoxy) is 1. The average molecular weight is 493 g/mol. The monoisotopic (exact) mass is 492 g/mol. The summed E-state index contributed by atoms with van der Waals surface area (Å²) in [5, 5.41) is 14.5. The van der Waals surface area contributed by atoms with Crippen molar-refractivity contribution in [1.82, 2.24) is 20.2 Å². The Bertz CT molecular complexity index is 1320. The Labute approximate surface area is 207 Å². The van der Waals surface area contributed by atoms with Crippen LogP contribution in [0, 0.1) is 24.2 Å². The van der Waals surface area contributed by atoms with Crippen molar-refractivity contribution in [2.45, 2.75) is 39.5 Å². The number of aromatic nitrogens is 2. The van der Waals surface area contributed by atoms with Crippen LogP contribution in [0.25, 0.3) is 21.5 Å². The predicted octanol–water partition coefficient (Wildman–Crippen LogP) is 2.83. The number of fused-ring (bicyclic) bond motifs is 2. The number of nitrogens with one attached hydrogen (secondary N) is 1. The molecule has 3 unspecified atom stereocenters. The molecule has 2 amide bonds. The van der Waals surface area contributed by atoms with Gasteiger partial charge in [-0.2, -0.15) is 0 Å². The number of amides is 2. The normalized spacial score (nSPS) is 26.3. The van der Waals surface area contributed by atoms with Crippen LogP contribution in [0.2, 0.25) is 0 Å². The first kappa shape index (κ1) is 22.7. The maximum atomic E-state index is 12.8. The summed E-state index contributed by atoms with van der Waals surface area (Å²) in [4.78, 5) is 37.2. The zero-order valence-corrected chi connectivity index (χ0v) is 20.8. The first-order chi connectivity index (χ1) is 16.8. The highest BCUT2D eigenvalue weighted by atomic mass is 32.1. The number of aryl methyl sites for hydroxylation is 1. The topological polar surface area (TPSA) is 105 Å². The van der Waals surface area contributed by atoms with Crippen LogP contribution in [0.4, 0.5) is 0 Å². The van der Waals surface area contributed by atoms with Crippen LogP contribution >= 0.6 is 11.3 Å². The quantitative estimate of drug-likeness (QED) is 0.528. The van der Waals surface area contributed by atoms with Gasteiger partial charge in [-0.05, 0) is 36.1 Å². The molecular weight excluding hydrogens is 464 g/mol. The second-order valence-electron chi connectivity index (χ2n) is 10.3. The van der Waals surface area contributed by atoms with Gasteiger partial charge in [0.2, 0.25) is 11.8 Å². The van der Waals surface area contributed by atoms with Gasteiger partial charge in [0.05, 0.1) is 40.9 Å². The van der Waals surface area contributed by atoms with Crippen molar-refractivity contribution >= 4 is 33.4 Å². The van der Waals surface area contributed by atoms with Crippen LogP contribution in [0.15, 0.2) is 30.6 Å². The van der Waals surface area contributed by atoms with Gasteiger partial charge >= 0.3 is 0 Å². The maximum absolute atomic E-state index is 12.8. The van der Waals surface area contributed by atoms with Gasteiger partial charge in [0.25, 0.3) is 0 Å². The molecule has 5 heterocycles. The smallest absolute Gasteiger partial charge is 0.234 e. The van der Waals surface area contributed by atoms with E-state index in [0.29, 0.717) is 18.8 Å². The Balaban J connectivity index is 1.35. The third-order valence-corrected chi connectivity index (χ3v) is 8.88. The highest BCUT2D eigenvalue weighted by molar-refractivity contribution is 7.19. The average Bonchev–Trinajstić information content (AvgIpc) is 3.10. The van der Waals surface area contributed by atoms with E-state index >= 15 is 0 Å². The molecular formula is C26H28N4O4S. The standard InChI is InChI=1S/C26H28N4O4S/c1-13-4-6-29-21(18(13)22(31)17-11-27-8-9-34-17)15-5-7-28-16-10-14(35-23(15)16)12-30-24(32)19-20(25(30)33)26(19,2)3/h4-7,10,17,19-20,22,27,31H,8-9,11-12H2,1-3H3/t17-,19?,20?,22?/m0/s1. The number of likely N-dealkylation sites (tertiary alicyclic amines) is 1. The van der Waals surface area contributed by atoms with Crippen molar-refractivity contribution in [2.24, 2.45) is 17.3 Å². The zero-order chi connectivity index (χ0) is 24.5. The number of thiophene rings is 1. The van der Waals surface area contributed by atoms with E-state index in [0.717, 1.165) is 38.3 Å². The summed E-state index contributed by atoms with van der Waals surface area (Å²) in [6, 6.07) is 5.75. The molecule has 3 aromatic rings. The molecule has 3 fully saturated rings. The van der Waals surface area contributed by atoms with Crippen molar-refractivity contribution in [1.29, 1.82) is 0 Å². The molecule has 0 bridgehead atoms. The largest absolute Gasteiger partial charge is 0.386 e. The molecule has 0 spiro atoms. The fraction of sp³-hybridized carbons (Fsp3) is 0.462. The van der Waals surface area contributed by atoms with E-state index in [2.05, 4.69) is 15.3 Å². The predicted molar refractivity (Wildman–Crippen MR) is 131 cm³/mol. The minimum absolute atomic E-state index is 0.0671. The SMILES string of the molecule is Cc1ccnc(-c2ccnc3cc(CN4C(=O)C5C(C4=O)C5(C)C)sc23)c1C(O)[C@@H]1CNCCO1. The first-order valence-electron chi connectivity index (χ1n) is 12.0. The minimum atomic E-state index is -0.830. The zero-order valence-electron chi connectivity index (χ0n) is 19.9. The molecule has 3 aromatic heterocycles. The van der Waals surface area contributed by atoms with E-state index in [1.165, 1.54) is 16.2 Å². The number of imide groups is 1. The van der Waals surface area contributed by atoms with Gasteiger partial charge in [-0.25, -0.2) is 0 Å². The number of pyridine rings is 2. The summed E-state index contributed by atoms with van der Waals surface area (Å²) in [5.74, 6) is -0.504. The summed E-state index contributed by atoms with van der Waals surface area (Å²) in [6.07, 6.45) is 2.29. The van der Waals surface area contributed by atoms with Crippen molar-refractivity contribution in [3.05, 3.63) is 46.6 Å². The van der Waals surface area contributed by atoms with E-state index in [1.807, 2.05) is 39.0 Å². The van der Waals surface area contributed by atoms with Gasteiger partial charge in [-0.1, -0.05) is 13.8 Å². The molecule has 1 saturated carbocycles. The molecule has 4 atom stereocenters. The van der Waals surface area contributed by atoms with Gasteiger partial charge in [0.15, 0.2) is 0 Å². The molecule has 8 nitrogen and oxygen atoms in total. The molecule has 3 aliphatic rings. The summed E-state index contributed by atoms with van der Waals surface area (Å²) in [5.41, 5.74) is 3.82. The molecule has 2 saturated heterocycles. The van der Waals surface area contributed by atoms with Gasteiger partial charge < -0.3 is 15.2 Å². The Morgan fingerprint density at radius 3 is 2.69 bits per heavy atom. The highest BCUT2D eigenvalue weighted by Crippen LogP contribution is 2.63. The van der Waals surface area contributed by atoms with Crippen molar-refractivity contribution < 1.29 is 19.4 Å². The maximum Gasteiger partial charge on any atom is 0.234 e. The van der Waals surface area contributed by atoms with E-state index in [-0.39, 0.29) is 41.7 Å². The van der Waals surface area contributed by atoms with Gasteiger partial charge in [-0.3, -0.25) is 24.5 Å². The van der Waals surface area contributed by atoms with E-state index in [1.54, 1.807) is 12.4 Å². The van der Waals surface area contributed by atoms with Crippen LogP contribution in [-0.2, 0) is 20.9 Å². The number of hydrogen-bond acceptors (Lipinski definition) is 8. The molecule has 182 valence electrons. The van der Waals surface area contributed by atoms with Gasteiger partial charge in [0.1, 0.15) is 12.2 Å². The highest BCUT2D eigenvalue weighted by Gasteiger charge is 2.72. The second-order valence-corrected chi connectivity index (χ2v) is 11.4. The van der Waals surface area contributed by atoms with Crippen molar-refractivity contribution in [3.8, 4) is 11.3 Å². The van der Waals surface area contributed by atoms with E-state index in [4.69, 9.17) is 4.74 Å². The molecule has 2 N–H and O–H groups in total. The third kappa shape index (κ3) is 3.52. The lowest BCUT2D eigenvalue weighted by Crippen LogP contribution is -2.42. The molecule has 0 aromatic carbocycles. The third-order valence-electron chi connectivity index (χ3n) is 7.74. The first-order valence-corrected chi connectivity index (χ1v) is 12.8. The summed E-state index contributed by atoms with van der Waals surface area (Å²) in [6.45, 7) is 8.10.